The molecule has 1 saturated carbocycles. The molecule has 1 aromatic heterocycles. The second kappa shape index (κ2) is 6.77. The van der Waals surface area contributed by atoms with Gasteiger partial charge in [-0.15, -0.1) is 23.1 Å². The lowest BCUT2D eigenvalue weighted by Gasteiger charge is -2.34. The quantitative estimate of drug-likeness (QED) is 0.822. The van der Waals surface area contributed by atoms with Crippen LogP contribution in [0.15, 0.2) is 21.7 Å². The minimum atomic E-state index is -0.685. The summed E-state index contributed by atoms with van der Waals surface area (Å²) in [6.07, 6.45) is 3.70. The van der Waals surface area contributed by atoms with Crippen LogP contribution in [0, 0.1) is 5.92 Å². The van der Waals surface area contributed by atoms with Gasteiger partial charge in [-0.05, 0) is 43.0 Å². The fourth-order valence-corrected chi connectivity index (χ4v) is 3.89. The summed E-state index contributed by atoms with van der Waals surface area (Å²) in [5.74, 6) is 1.13. The molecule has 0 saturated heterocycles. The summed E-state index contributed by atoms with van der Waals surface area (Å²) >= 11 is 3.19. The first-order valence-corrected chi connectivity index (χ1v) is 8.59. The molecule has 1 heterocycles. The van der Waals surface area contributed by atoms with Crippen LogP contribution in [0.2, 0.25) is 0 Å². The molecular formula is C14H21NO2S2. The standard InChI is InChI=1S/C14H21NO2S2/c1-11-4-6-14(17,7-5-11)10-15-12(16)9-19-13-3-2-8-18-13/h2-3,8,11,17H,4-7,9-10H2,1H3,(H,15,16). The number of carbonyl (C=O) groups excluding carboxylic acids is 1. The van der Waals surface area contributed by atoms with Crippen molar-refractivity contribution in [2.75, 3.05) is 12.3 Å². The third kappa shape index (κ3) is 4.82. The van der Waals surface area contributed by atoms with Gasteiger partial charge < -0.3 is 10.4 Å². The third-order valence-corrected chi connectivity index (χ3v) is 5.79. The molecule has 0 radical (unpaired) electrons. The number of thiophene rings is 1. The average molecular weight is 299 g/mol. The molecule has 0 unspecified atom stereocenters. The molecule has 3 nitrogen and oxygen atoms in total. The highest BCUT2D eigenvalue weighted by Gasteiger charge is 2.31. The molecule has 0 bridgehead atoms. The molecule has 19 heavy (non-hydrogen) atoms. The van der Waals surface area contributed by atoms with Crippen molar-refractivity contribution in [2.45, 2.75) is 42.4 Å². The van der Waals surface area contributed by atoms with E-state index in [0.29, 0.717) is 18.2 Å². The zero-order valence-corrected chi connectivity index (χ0v) is 12.9. The van der Waals surface area contributed by atoms with Crippen LogP contribution in [0.4, 0.5) is 0 Å². The highest BCUT2D eigenvalue weighted by Crippen LogP contribution is 2.31. The van der Waals surface area contributed by atoms with Gasteiger partial charge in [-0.3, -0.25) is 4.79 Å². The number of thioether (sulfide) groups is 1. The van der Waals surface area contributed by atoms with Gasteiger partial charge in [-0.25, -0.2) is 0 Å². The first-order chi connectivity index (χ1) is 9.07. The maximum atomic E-state index is 11.7. The van der Waals surface area contributed by atoms with Gasteiger partial charge in [0, 0.05) is 6.54 Å². The second-order valence-electron chi connectivity index (χ2n) is 5.40. The van der Waals surface area contributed by atoms with Crippen molar-refractivity contribution in [2.24, 2.45) is 5.92 Å². The Morgan fingerprint density at radius 3 is 2.95 bits per heavy atom. The Kier molecular flexibility index (Phi) is 5.30. The molecule has 2 N–H and O–H groups in total. The molecule has 5 heteroatoms. The summed E-state index contributed by atoms with van der Waals surface area (Å²) in [4.78, 5) is 11.7. The summed E-state index contributed by atoms with van der Waals surface area (Å²) < 4.78 is 1.15. The Balaban J connectivity index is 1.68. The maximum absolute atomic E-state index is 11.7. The zero-order valence-electron chi connectivity index (χ0n) is 11.2. The van der Waals surface area contributed by atoms with Crippen LogP contribution in [-0.2, 0) is 4.79 Å². The Labute approximate surface area is 122 Å². The van der Waals surface area contributed by atoms with Gasteiger partial charge in [-0.2, -0.15) is 0 Å². The predicted molar refractivity (Wildman–Crippen MR) is 80.6 cm³/mol. The van der Waals surface area contributed by atoms with Crippen molar-refractivity contribution in [1.82, 2.24) is 5.32 Å². The van der Waals surface area contributed by atoms with Gasteiger partial charge in [0.1, 0.15) is 0 Å². The average Bonchev–Trinajstić information content (AvgIpc) is 2.91. The molecule has 106 valence electrons. The maximum Gasteiger partial charge on any atom is 0.230 e. The third-order valence-electron chi connectivity index (χ3n) is 3.66. The first-order valence-electron chi connectivity index (χ1n) is 6.73. The van der Waals surface area contributed by atoms with Gasteiger partial charge >= 0.3 is 0 Å². The summed E-state index contributed by atoms with van der Waals surface area (Å²) in [7, 11) is 0. The topological polar surface area (TPSA) is 49.3 Å². The summed E-state index contributed by atoms with van der Waals surface area (Å²) in [5.41, 5.74) is -0.685. The van der Waals surface area contributed by atoms with Gasteiger partial charge in [0.2, 0.25) is 5.91 Å². The van der Waals surface area contributed by atoms with Crippen LogP contribution in [-0.4, -0.2) is 28.9 Å². The molecular weight excluding hydrogens is 278 g/mol. The van der Waals surface area contributed by atoms with E-state index in [4.69, 9.17) is 0 Å². The summed E-state index contributed by atoms with van der Waals surface area (Å²) in [6, 6.07) is 4.00. The number of carbonyl (C=O) groups is 1. The minimum Gasteiger partial charge on any atom is -0.388 e. The molecule has 2 rings (SSSR count). The number of aliphatic hydroxyl groups is 1. The van der Waals surface area contributed by atoms with E-state index in [-0.39, 0.29) is 5.91 Å². The van der Waals surface area contributed by atoms with Crippen LogP contribution in [0.5, 0.6) is 0 Å². The predicted octanol–water partition coefficient (Wildman–Crippen LogP) is 2.90. The van der Waals surface area contributed by atoms with Crippen molar-refractivity contribution in [3.05, 3.63) is 17.5 Å². The van der Waals surface area contributed by atoms with E-state index in [2.05, 4.69) is 12.2 Å². The number of rotatable bonds is 5. The van der Waals surface area contributed by atoms with Crippen molar-refractivity contribution in [3.63, 3.8) is 0 Å². The van der Waals surface area contributed by atoms with Crippen molar-refractivity contribution < 1.29 is 9.90 Å². The summed E-state index contributed by atoms with van der Waals surface area (Å²) in [5, 5.41) is 15.2. The number of nitrogens with one attached hydrogen (secondary N) is 1. The molecule has 0 atom stereocenters. The van der Waals surface area contributed by atoms with Crippen LogP contribution < -0.4 is 5.32 Å². The zero-order chi connectivity index (χ0) is 13.7. The fourth-order valence-electron chi connectivity index (χ4n) is 2.27. The summed E-state index contributed by atoms with van der Waals surface area (Å²) in [6.45, 7) is 2.61. The Morgan fingerprint density at radius 1 is 1.58 bits per heavy atom. The van der Waals surface area contributed by atoms with Crippen LogP contribution in [0.25, 0.3) is 0 Å². The number of hydrogen-bond acceptors (Lipinski definition) is 4. The highest BCUT2D eigenvalue weighted by atomic mass is 32.2. The van der Waals surface area contributed by atoms with Crippen LogP contribution in [0.1, 0.15) is 32.6 Å². The van der Waals surface area contributed by atoms with Crippen molar-refractivity contribution in [3.8, 4) is 0 Å². The van der Waals surface area contributed by atoms with Gasteiger partial charge in [0.05, 0.1) is 15.6 Å². The van der Waals surface area contributed by atoms with E-state index in [1.165, 1.54) is 0 Å². The molecule has 1 aromatic rings. The molecule has 0 aliphatic heterocycles. The van der Waals surface area contributed by atoms with Crippen LogP contribution in [0.3, 0.4) is 0 Å². The Morgan fingerprint density at radius 2 is 2.32 bits per heavy atom. The SMILES string of the molecule is CC1CCC(O)(CNC(=O)CSc2cccs2)CC1. The lowest BCUT2D eigenvalue weighted by Crippen LogP contribution is -2.45. The van der Waals surface area contributed by atoms with E-state index in [1.807, 2.05) is 17.5 Å². The van der Waals surface area contributed by atoms with E-state index in [1.54, 1.807) is 23.1 Å². The molecule has 0 spiro atoms. The van der Waals surface area contributed by atoms with E-state index >= 15 is 0 Å². The van der Waals surface area contributed by atoms with Gasteiger partial charge in [-0.1, -0.05) is 13.0 Å². The smallest absolute Gasteiger partial charge is 0.230 e. The molecule has 1 aliphatic carbocycles. The first kappa shape index (κ1) is 14.9. The van der Waals surface area contributed by atoms with Gasteiger partial charge in [0.15, 0.2) is 0 Å². The second-order valence-corrected chi connectivity index (χ2v) is 7.63. The largest absolute Gasteiger partial charge is 0.388 e. The Bertz CT molecular complexity index is 398. The number of hydrogen-bond donors (Lipinski definition) is 2. The van der Waals surface area contributed by atoms with E-state index in [0.717, 1.165) is 29.9 Å². The van der Waals surface area contributed by atoms with Crippen molar-refractivity contribution >= 4 is 29.0 Å². The minimum absolute atomic E-state index is 0.00504. The monoisotopic (exact) mass is 299 g/mol. The normalized spacial score (nSPS) is 27.2. The highest BCUT2D eigenvalue weighted by molar-refractivity contribution is 8.01. The van der Waals surface area contributed by atoms with Crippen molar-refractivity contribution in [1.29, 1.82) is 0 Å². The van der Waals surface area contributed by atoms with E-state index in [9.17, 15) is 9.90 Å². The lowest BCUT2D eigenvalue weighted by atomic mass is 9.79. The Hall–Kier alpha value is -0.520. The number of amides is 1. The lowest BCUT2D eigenvalue weighted by molar-refractivity contribution is -0.120. The molecule has 1 amide bonds. The van der Waals surface area contributed by atoms with E-state index < -0.39 is 5.60 Å². The van der Waals surface area contributed by atoms with Crippen LogP contribution >= 0.6 is 23.1 Å². The molecule has 0 aromatic carbocycles. The fraction of sp³-hybridized carbons (Fsp3) is 0.643. The molecule has 1 fully saturated rings. The van der Waals surface area contributed by atoms with Gasteiger partial charge in [0.25, 0.3) is 0 Å². The molecule has 1 aliphatic rings.